The molecule has 3 fully saturated rings. The zero-order chi connectivity index (χ0) is 36.6. The maximum Gasteiger partial charge on any atom is 0.410 e. The molecule has 3 amide bonds. The normalized spacial score (nSPS) is 25.9. The van der Waals surface area contributed by atoms with Gasteiger partial charge in [-0.1, -0.05) is 12.1 Å². The number of nitrogens with zero attached hydrogens (tertiary/aromatic N) is 5. The van der Waals surface area contributed by atoms with Crippen LogP contribution in [0.1, 0.15) is 72.4 Å². The monoisotopic (exact) mass is 708 g/mol. The Labute approximate surface area is 300 Å². The maximum atomic E-state index is 14.5. The van der Waals surface area contributed by atoms with E-state index in [1.54, 1.807) is 21.9 Å². The van der Waals surface area contributed by atoms with Crippen LogP contribution in [0.25, 0.3) is 0 Å². The molecule has 0 radical (unpaired) electrons. The number of carbonyl (C=O) groups is 3. The Bertz CT molecular complexity index is 1590. The predicted molar refractivity (Wildman–Crippen MR) is 191 cm³/mol. The third-order valence-corrected chi connectivity index (χ3v) is 10.2. The van der Waals surface area contributed by atoms with E-state index in [4.69, 9.17) is 19.2 Å². The van der Waals surface area contributed by atoms with Crippen LogP contribution in [0.5, 0.6) is 5.88 Å². The average Bonchev–Trinajstić information content (AvgIpc) is 3.90. The molecule has 5 atom stereocenters. The summed E-state index contributed by atoms with van der Waals surface area (Å²) < 4.78 is 31.4. The molecule has 13 heteroatoms. The number of piperazine rings is 1. The van der Waals surface area contributed by atoms with Crippen molar-refractivity contribution in [2.75, 3.05) is 56.2 Å². The van der Waals surface area contributed by atoms with Crippen LogP contribution in [0.3, 0.4) is 0 Å². The summed E-state index contributed by atoms with van der Waals surface area (Å²) in [6.07, 6.45) is 1.71. The van der Waals surface area contributed by atoms with Crippen molar-refractivity contribution in [1.29, 1.82) is 0 Å². The van der Waals surface area contributed by atoms with Gasteiger partial charge < -0.3 is 29.3 Å². The van der Waals surface area contributed by atoms with Crippen LogP contribution in [-0.2, 0) is 25.5 Å². The number of nitrogens with one attached hydrogen (secondary N) is 1. The number of halogens is 1. The van der Waals surface area contributed by atoms with Gasteiger partial charge in [0.15, 0.2) is 0 Å². The molecular formula is C38H53FN6O6. The summed E-state index contributed by atoms with van der Waals surface area (Å²) in [6, 6.07) is 7.87. The Kier molecular flexibility index (Phi) is 10.9. The van der Waals surface area contributed by atoms with Crippen molar-refractivity contribution < 1.29 is 33.0 Å². The second kappa shape index (κ2) is 15.0. The van der Waals surface area contributed by atoms with E-state index in [9.17, 15) is 18.8 Å². The van der Waals surface area contributed by atoms with Crippen LogP contribution < -0.4 is 15.0 Å². The van der Waals surface area contributed by atoms with Crippen molar-refractivity contribution in [3.8, 4) is 5.88 Å². The smallest absolute Gasteiger partial charge is 0.410 e. The Hall–Kier alpha value is -3.81. The van der Waals surface area contributed by atoms with Crippen LogP contribution in [0.4, 0.5) is 20.7 Å². The van der Waals surface area contributed by atoms with Crippen molar-refractivity contribution in [1.82, 2.24) is 19.7 Å². The summed E-state index contributed by atoms with van der Waals surface area (Å²) >= 11 is 0. The fourth-order valence-corrected chi connectivity index (χ4v) is 7.27. The minimum Gasteiger partial charge on any atom is -0.474 e. The van der Waals surface area contributed by atoms with Gasteiger partial charge in [0, 0.05) is 61.7 Å². The molecule has 12 nitrogen and oxygen atoms in total. The number of hydrogen-bond donors (Lipinski definition) is 1. The van der Waals surface area contributed by atoms with Gasteiger partial charge in [0.05, 0.1) is 25.8 Å². The molecule has 6 rings (SSSR count). The molecule has 4 heterocycles. The Morgan fingerprint density at radius 1 is 0.961 bits per heavy atom. The third-order valence-electron chi connectivity index (χ3n) is 10.2. The molecule has 1 N–H and O–H groups in total. The van der Waals surface area contributed by atoms with E-state index in [1.165, 1.54) is 12.1 Å². The van der Waals surface area contributed by atoms with E-state index in [2.05, 4.69) is 29.0 Å². The number of fused-ring (bicyclic) bond motifs is 1. The van der Waals surface area contributed by atoms with Gasteiger partial charge in [-0.3, -0.25) is 19.4 Å². The number of benzene rings is 1. The van der Waals surface area contributed by atoms with Gasteiger partial charge in [-0.05, 0) is 85.1 Å². The quantitative estimate of drug-likeness (QED) is 0.417. The maximum absolute atomic E-state index is 14.5. The Balaban J connectivity index is 1.28. The highest BCUT2D eigenvalue weighted by molar-refractivity contribution is 5.98. The number of anilines is 2. The van der Waals surface area contributed by atoms with Crippen molar-refractivity contribution in [2.45, 2.75) is 104 Å². The average molecular weight is 709 g/mol. The molecule has 0 bridgehead atoms. The highest BCUT2D eigenvalue weighted by Crippen LogP contribution is 2.38. The van der Waals surface area contributed by atoms with E-state index in [1.807, 2.05) is 40.7 Å². The van der Waals surface area contributed by atoms with Crippen LogP contribution in [-0.4, -0.2) is 119 Å². The van der Waals surface area contributed by atoms with Gasteiger partial charge in [-0.25, -0.2) is 9.18 Å². The lowest BCUT2D eigenvalue weighted by Gasteiger charge is -2.49. The summed E-state index contributed by atoms with van der Waals surface area (Å²) in [7, 11) is 0. The lowest BCUT2D eigenvalue weighted by Crippen LogP contribution is -2.65. The number of amides is 3. The van der Waals surface area contributed by atoms with Crippen LogP contribution in [0.15, 0.2) is 30.3 Å². The number of ether oxygens (including phenoxy) is 3. The van der Waals surface area contributed by atoms with E-state index in [0.29, 0.717) is 56.3 Å². The van der Waals surface area contributed by atoms with E-state index >= 15 is 0 Å². The van der Waals surface area contributed by atoms with Crippen molar-refractivity contribution in [2.24, 2.45) is 5.92 Å². The molecule has 1 aliphatic carbocycles. The lowest BCUT2D eigenvalue weighted by molar-refractivity contribution is -0.123. The zero-order valence-corrected chi connectivity index (χ0v) is 31.0. The largest absolute Gasteiger partial charge is 0.474 e. The molecule has 0 unspecified atom stereocenters. The highest BCUT2D eigenvalue weighted by atomic mass is 19.1. The number of morpholine rings is 1. The Morgan fingerprint density at radius 2 is 1.65 bits per heavy atom. The molecule has 51 heavy (non-hydrogen) atoms. The summed E-state index contributed by atoms with van der Waals surface area (Å²) in [4.78, 5) is 53.7. The molecule has 1 aromatic heterocycles. The minimum atomic E-state index is -0.628. The first kappa shape index (κ1) is 37.0. The highest BCUT2D eigenvalue weighted by Gasteiger charge is 2.41. The van der Waals surface area contributed by atoms with Crippen LogP contribution >= 0.6 is 0 Å². The van der Waals surface area contributed by atoms with E-state index < -0.39 is 5.60 Å². The molecule has 1 aromatic carbocycles. The molecular weight excluding hydrogens is 655 g/mol. The van der Waals surface area contributed by atoms with Crippen molar-refractivity contribution in [3.05, 3.63) is 47.3 Å². The first-order valence-corrected chi connectivity index (χ1v) is 18.3. The van der Waals surface area contributed by atoms with Crippen molar-refractivity contribution in [3.63, 3.8) is 0 Å². The van der Waals surface area contributed by atoms with Gasteiger partial charge in [-0.2, -0.15) is 4.98 Å². The molecule has 1 saturated carbocycles. The van der Waals surface area contributed by atoms with Gasteiger partial charge in [0.2, 0.25) is 17.7 Å². The second-order valence-electron chi connectivity index (χ2n) is 15.8. The summed E-state index contributed by atoms with van der Waals surface area (Å²) in [5.74, 6) is 0.108. The van der Waals surface area contributed by atoms with E-state index in [-0.39, 0.29) is 78.9 Å². The topological polar surface area (TPSA) is 117 Å². The zero-order valence-electron chi connectivity index (χ0n) is 31.0. The van der Waals surface area contributed by atoms with E-state index in [0.717, 1.165) is 18.4 Å². The number of carbonyl (C=O) groups excluding carboxylic acids is 3. The first-order chi connectivity index (χ1) is 24.2. The van der Waals surface area contributed by atoms with Gasteiger partial charge in [-0.15, -0.1) is 0 Å². The number of aromatic nitrogens is 1. The van der Waals surface area contributed by atoms with Crippen LogP contribution in [0.2, 0.25) is 0 Å². The molecule has 0 spiro atoms. The van der Waals surface area contributed by atoms with Gasteiger partial charge in [0.25, 0.3) is 0 Å². The number of hydrogen-bond acceptors (Lipinski definition) is 9. The molecule has 278 valence electrons. The van der Waals surface area contributed by atoms with Crippen molar-refractivity contribution >= 4 is 29.4 Å². The van der Waals surface area contributed by atoms with Gasteiger partial charge >= 0.3 is 6.09 Å². The minimum absolute atomic E-state index is 0.0323. The molecule has 3 aliphatic heterocycles. The fourth-order valence-electron chi connectivity index (χ4n) is 7.27. The molecule has 4 aliphatic rings. The summed E-state index contributed by atoms with van der Waals surface area (Å²) in [5.41, 5.74) is 1.45. The molecule has 2 aromatic rings. The predicted octanol–water partition coefficient (Wildman–Crippen LogP) is 4.69. The standard InChI is InChI=1S/C38H53FN6O6/c1-23-16-42(31(17-43-24(2)20-49-21-25(43)3)18-44(23)37(48)51-38(5,6)7)19-33(46)45-26(4)22-50-36-32(45)15-29(14-27-8-12-30(39)13-9-27)34(41-36)40-35(47)28-10-11-28/h8-9,12-13,15,23-26,28,31H,10-11,14,16-22H2,1-7H3,(H,40,41,47)/t23-,24-,25-,26+,31+/m1/s1. The first-order valence-electron chi connectivity index (χ1n) is 18.3. The number of pyridine rings is 1. The Morgan fingerprint density at radius 3 is 2.29 bits per heavy atom. The molecule has 2 saturated heterocycles. The third kappa shape index (κ3) is 8.81. The lowest BCUT2D eigenvalue weighted by atomic mass is 10.0. The number of rotatable bonds is 8. The SMILES string of the molecule is C[C@@H]1CN(CC(=O)N2c3cc(Cc4ccc(F)cc4)c(NC(=O)C4CC4)nc3OC[C@@H]2C)[C@@H](CN2[C@H](C)COC[C@H]2C)CN1C(=O)OC(C)(C)C. The summed E-state index contributed by atoms with van der Waals surface area (Å²) in [6.45, 7) is 17.0. The van der Waals surface area contributed by atoms with Gasteiger partial charge in [0.1, 0.15) is 29.5 Å². The second-order valence-corrected chi connectivity index (χ2v) is 15.8. The summed E-state index contributed by atoms with van der Waals surface area (Å²) in [5, 5.41) is 2.99. The fraction of sp³-hybridized carbons (Fsp3) is 0.632. The van der Waals surface area contributed by atoms with Crippen LogP contribution in [0, 0.1) is 11.7 Å².